The molecule has 20 heavy (non-hydrogen) atoms. The van der Waals surface area contributed by atoms with Gasteiger partial charge in [-0.05, 0) is 39.3 Å². The van der Waals surface area contributed by atoms with Gasteiger partial charge >= 0.3 is 0 Å². The Hall–Kier alpha value is -1.62. The quantitative estimate of drug-likeness (QED) is 0.752. The molecule has 0 unspecified atom stereocenters. The minimum Gasteiger partial charge on any atom is -0.333 e. The maximum atomic E-state index is 4.47. The number of hydrogen-bond donors (Lipinski definition) is 1. The predicted octanol–water partition coefficient (Wildman–Crippen LogP) is 2.29. The minimum atomic E-state index is 0.886. The number of rotatable bonds is 8. The van der Waals surface area contributed by atoms with E-state index in [0.717, 1.165) is 44.7 Å². The molecule has 5 nitrogen and oxygen atoms in total. The highest BCUT2D eigenvalue weighted by Crippen LogP contribution is 2.03. The summed E-state index contributed by atoms with van der Waals surface area (Å²) >= 11 is 0. The second-order valence-corrected chi connectivity index (χ2v) is 5.26. The van der Waals surface area contributed by atoms with Crippen molar-refractivity contribution in [3.63, 3.8) is 0 Å². The Balaban J connectivity index is 1.69. The highest BCUT2D eigenvalue weighted by Gasteiger charge is 2.02. The van der Waals surface area contributed by atoms with Crippen LogP contribution in [0.5, 0.6) is 0 Å². The van der Waals surface area contributed by atoms with Gasteiger partial charge in [0.05, 0.1) is 17.7 Å². The molecule has 0 saturated heterocycles. The smallest absolute Gasteiger partial charge is 0.0948 e. The topological polar surface area (TPSA) is 47.7 Å². The molecular formula is C15H25N5. The largest absolute Gasteiger partial charge is 0.333 e. The van der Waals surface area contributed by atoms with Crippen LogP contribution in [0.4, 0.5) is 0 Å². The fourth-order valence-electron chi connectivity index (χ4n) is 2.41. The van der Waals surface area contributed by atoms with Crippen molar-refractivity contribution in [2.45, 2.75) is 53.2 Å². The lowest BCUT2D eigenvalue weighted by Gasteiger charge is -2.08. The van der Waals surface area contributed by atoms with Gasteiger partial charge in [-0.3, -0.25) is 4.68 Å². The molecule has 2 heterocycles. The maximum absolute atomic E-state index is 4.47. The summed E-state index contributed by atoms with van der Waals surface area (Å²) in [6.45, 7) is 10.2. The van der Waals surface area contributed by atoms with E-state index < -0.39 is 0 Å². The van der Waals surface area contributed by atoms with Gasteiger partial charge in [0.15, 0.2) is 0 Å². The van der Waals surface area contributed by atoms with E-state index in [0.29, 0.717) is 0 Å². The van der Waals surface area contributed by atoms with Crippen LogP contribution >= 0.6 is 0 Å². The van der Waals surface area contributed by atoms with E-state index in [1.165, 1.54) is 11.4 Å². The molecule has 0 radical (unpaired) electrons. The first-order chi connectivity index (χ1) is 9.70. The number of imidazole rings is 1. The zero-order chi connectivity index (χ0) is 14.4. The molecule has 0 bridgehead atoms. The molecule has 2 aromatic rings. The molecule has 0 saturated carbocycles. The fraction of sp³-hybridized carbons (Fsp3) is 0.600. The average molecular weight is 275 g/mol. The van der Waals surface area contributed by atoms with Crippen LogP contribution in [0.1, 0.15) is 36.8 Å². The van der Waals surface area contributed by atoms with E-state index in [-0.39, 0.29) is 0 Å². The lowest BCUT2D eigenvalue weighted by atomic mass is 10.3. The monoisotopic (exact) mass is 275 g/mol. The van der Waals surface area contributed by atoms with Crippen LogP contribution in [0.2, 0.25) is 0 Å². The molecule has 0 aliphatic heterocycles. The lowest BCUT2D eigenvalue weighted by Crippen LogP contribution is -2.19. The van der Waals surface area contributed by atoms with E-state index >= 15 is 0 Å². The molecule has 5 heteroatoms. The second kappa shape index (κ2) is 7.24. The maximum Gasteiger partial charge on any atom is 0.0948 e. The van der Waals surface area contributed by atoms with Crippen LogP contribution in [0, 0.1) is 13.8 Å². The Morgan fingerprint density at radius 2 is 2.10 bits per heavy atom. The van der Waals surface area contributed by atoms with Crippen molar-refractivity contribution in [2.75, 3.05) is 6.54 Å². The van der Waals surface area contributed by atoms with E-state index in [9.17, 15) is 0 Å². The van der Waals surface area contributed by atoms with Gasteiger partial charge in [0, 0.05) is 31.5 Å². The Kier molecular flexibility index (Phi) is 5.35. The SMILES string of the molecule is CCCn1cncc1CNCCCn1nc(C)cc1C. The molecule has 0 aliphatic carbocycles. The van der Waals surface area contributed by atoms with E-state index in [4.69, 9.17) is 0 Å². The molecule has 0 fully saturated rings. The van der Waals surface area contributed by atoms with E-state index in [1.54, 1.807) is 0 Å². The van der Waals surface area contributed by atoms with Crippen LogP contribution in [0.25, 0.3) is 0 Å². The third-order valence-electron chi connectivity index (χ3n) is 3.40. The summed E-state index contributed by atoms with van der Waals surface area (Å²) in [6, 6.07) is 2.12. The van der Waals surface area contributed by atoms with E-state index in [2.05, 4.69) is 44.6 Å². The second-order valence-electron chi connectivity index (χ2n) is 5.26. The van der Waals surface area contributed by atoms with Gasteiger partial charge in [-0.2, -0.15) is 5.10 Å². The summed E-state index contributed by atoms with van der Waals surface area (Å²) < 4.78 is 4.30. The van der Waals surface area contributed by atoms with Gasteiger partial charge < -0.3 is 9.88 Å². The van der Waals surface area contributed by atoms with Gasteiger partial charge in [0.25, 0.3) is 0 Å². The first-order valence-electron chi connectivity index (χ1n) is 7.41. The lowest BCUT2D eigenvalue weighted by molar-refractivity contribution is 0.523. The zero-order valence-corrected chi connectivity index (χ0v) is 12.8. The van der Waals surface area contributed by atoms with Crippen molar-refractivity contribution in [3.05, 3.63) is 35.7 Å². The molecule has 0 atom stereocenters. The molecule has 0 spiro atoms. The predicted molar refractivity (Wildman–Crippen MR) is 80.5 cm³/mol. The molecule has 2 rings (SSSR count). The van der Waals surface area contributed by atoms with Crippen molar-refractivity contribution >= 4 is 0 Å². The summed E-state index contributed by atoms with van der Waals surface area (Å²) in [5.74, 6) is 0. The first-order valence-corrected chi connectivity index (χ1v) is 7.41. The van der Waals surface area contributed by atoms with Crippen LogP contribution in [-0.4, -0.2) is 25.9 Å². The van der Waals surface area contributed by atoms with Crippen molar-refractivity contribution in [2.24, 2.45) is 0 Å². The summed E-state index contributed by atoms with van der Waals surface area (Å²) in [5, 5.41) is 7.95. The molecule has 2 aromatic heterocycles. The van der Waals surface area contributed by atoms with Crippen LogP contribution in [0.3, 0.4) is 0 Å². The number of aromatic nitrogens is 4. The third-order valence-corrected chi connectivity index (χ3v) is 3.40. The molecule has 1 N–H and O–H groups in total. The normalized spacial score (nSPS) is 11.2. The molecule has 0 amide bonds. The molecule has 0 aromatic carbocycles. The van der Waals surface area contributed by atoms with Crippen molar-refractivity contribution in [1.82, 2.24) is 24.6 Å². The molecule has 110 valence electrons. The van der Waals surface area contributed by atoms with Crippen molar-refractivity contribution in [1.29, 1.82) is 0 Å². The van der Waals surface area contributed by atoms with Crippen LogP contribution < -0.4 is 5.32 Å². The Labute approximate surface area is 121 Å². The summed E-state index contributed by atoms with van der Waals surface area (Å²) in [6.07, 6.45) is 6.09. The Morgan fingerprint density at radius 1 is 1.25 bits per heavy atom. The standard InChI is InChI=1S/C15H25N5/c1-4-7-19-12-17-11-15(19)10-16-6-5-8-20-14(3)9-13(2)18-20/h9,11-12,16H,4-8,10H2,1-3H3. The summed E-state index contributed by atoms with van der Waals surface area (Å²) in [5.41, 5.74) is 3.60. The van der Waals surface area contributed by atoms with Gasteiger partial charge in [0.2, 0.25) is 0 Å². The number of hydrogen-bond acceptors (Lipinski definition) is 3. The number of nitrogens with zero attached hydrogens (tertiary/aromatic N) is 4. The van der Waals surface area contributed by atoms with Gasteiger partial charge in [-0.1, -0.05) is 6.92 Å². The summed E-state index contributed by atoms with van der Waals surface area (Å²) in [7, 11) is 0. The Morgan fingerprint density at radius 3 is 2.80 bits per heavy atom. The van der Waals surface area contributed by atoms with Gasteiger partial charge in [-0.25, -0.2) is 4.98 Å². The highest BCUT2D eigenvalue weighted by molar-refractivity contribution is 5.06. The van der Waals surface area contributed by atoms with Crippen LogP contribution in [0.15, 0.2) is 18.6 Å². The van der Waals surface area contributed by atoms with Crippen molar-refractivity contribution < 1.29 is 0 Å². The van der Waals surface area contributed by atoms with Gasteiger partial charge in [0.1, 0.15) is 0 Å². The number of aryl methyl sites for hydroxylation is 4. The van der Waals surface area contributed by atoms with Crippen LogP contribution in [-0.2, 0) is 19.6 Å². The van der Waals surface area contributed by atoms with E-state index in [1.807, 2.05) is 19.4 Å². The first kappa shape index (κ1) is 14.8. The zero-order valence-electron chi connectivity index (χ0n) is 12.8. The average Bonchev–Trinajstić information content (AvgIpc) is 2.97. The Bertz CT molecular complexity index is 526. The minimum absolute atomic E-state index is 0.886. The highest BCUT2D eigenvalue weighted by atomic mass is 15.3. The summed E-state index contributed by atoms with van der Waals surface area (Å²) in [4.78, 5) is 4.21. The molecule has 0 aliphatic rings. The third kappa shape index (κ3) is 3.93. The fourth-order valence-corrected chi connectivity index (χ4v) is 2.41. The molecular weight excluding hydrogens is 250 g/mol. The van der Waals surface area contributed by atoms with Crippen molar-refractivity contribution in [3.8, 4) is 0 Å². The number of nitrogens with one attached hydrogen (secondary N) is 1. The van der Waals surface area contributed by atoms with Gasteiger partial charge in [-0.15, -0.1) is 0 Å².